The summed E-state index contributed by atoms with van der Waals surface area (Å²) in [6.07, 6.45) is 0.284. The Kier molecular flexibility index (Phi) is 4.74. The molecule has 1 N–H and O–H groups in total. The van der Waals surface area contributed by atoms with E-state index in [1.807, 2.05) is 24.4 Å². The van der Waals surface area contributed by atoms with Gasteiger partial charge in [-0.05, 0) is 30.2 Å². The van der Waals surface area contributed by atoms with Gasteiger partial charge in [-0.25, -0.2) is 0 Å². The molecule has 140 valence electrons. The summed E-state index contributed by atoms with van der Waals surface area (Å²) in [5.74, 6) is 0. The van der Waals surface area contributed by atoms with Crippen LogP contribution in [0.1, 0.15) is 17.5 Å². The van der Waals surface area contributed by atoms with Crippen molar-refractivity contribution in [2.24, 2.45) is 0 Å². The highest BCUT2D eigenvalue weighted by Gasteiger charge is 2.30. The predicted molar refractivity (Wildman–Crippen MR) is 100 cm³/mol. The fourth-order valence-electron chi connectivity index (χ4n) is 3.67. The molecule has 4 rings (SSSR count). The van der Waals surface area contributed by atoms with Crippen molar-refractivity contribution in [3.63, 3.8) is 0 Å². The van der Waals surface area contributed by atoms with Crippen LogP contribution in [0.2, 0.25) is 0 Å². The van der Waals surface area contributed by atoms with Crippen molar-refractivity contribution in [3.05, 3.63) is 72.1 Å². The van der Waals surface area contributed by atoms with Crippen molar-refractivity contribution in [1.29, 1.82) is 0 Å². The Morgan fingerprint density at radius 1 is 1.11 bits per heavy atom. The molecular weight excluding hydrogens is 351 g/mol. The molecular formula is C21H20F3N3. The molecule has 0 aliphatic carbocycles. The molecule has 2 heterocycles. The van der Waals surface area contributed by atoms with Crippen LogP contribution in [-0.2, 0) is 12.7 Å². The number of aromatic nitrogens is 1. The summed E-state index contributed by atoms with van der Waals surface area (Å²) in [5.41, 5.74) is 1.18. The highest BCUT2D eigenvalue weighted by atomic mass is 19.4. The van der Waals surface area contributed by atoms with Crippen LogP contribution in [-0.4, -0.2) is 29.0 Å². The smallest absolute Gasteiger partial charge is 0.380 e. The third kappa shape index (κ3) is 4.06. The molecule has 0 unspecified atom stereocenters. The molecule has 27 heavy (non-hydrogen) atoms. The number of anilines is 1. The van der Waals surface area contributed by atoms with Crippen molar-refractivity contribution in [2.75, 3.05) is 18.4 Å². The van der Waals surface area contributed by atoms with Crippen LogP contribution >= 0.6 is 0 Å². The van der Waals surface area contributed by atoms with Crippen LogP contribution in [0.15, 0.2) is 60.9 Å². The minimum Gasteiger partial charge on any atom is -0.380 e. The van der Waals surface area contributed by atoms with E-state index in [0.29, 0.717) is 12.1 Å². The second kappa shape index (κ2) is 7.19. The summed E-state index contributed by atoms with van der Waals surface area (Å²) in [7, 11) is 0. The number of nitrogens with one attached hydrogen (secondary N) is 1. The second-order valence-corrected chi connectivity index (χ2v) is 6.97. The van der Waals surface area contributed by atoms with Gasteiger partial charge in [0.25, 0.3) is 0 Å². The number of fused-ring (bicyclic) bond motifs is 1. The highest BCUT2D eigenvalue weighted by Crippen LogP contribution is 2.30. The number of nitrogens with zero attached hydrogens (tertiary/aromatic N) is 2. The van der Waals surface area contributed by atoms with Gasteiger partial charge in [0.2, 0.25) is 0 Å². The molecule has 0 amide bonds. The van der Waals surface area contributed by atoms with Gasteiger partial charge in [-0.15, -0.1) is 0 Å². The van der Waals surface area contributed by atoms with Crippen LogP contribution in [0.4, 0.5) is 18.9 Å². The molecule has 0 bridgehead atoms. The maximum Gasteiger partial charge on any atom is 0.416 e. The summed E-state index contributed by atoms with van der Waals surface area (Å²) < 4.78 is 38.7. The monoisotopic (exact) mass is 371 g/mol. The lowest BCUT2D eigenvalue weighted by Gasteiger charge is -2.19. The minimum absolute atomic E-state index is 0.273. The summed E-state index contributed by atoms with van der Waals surface area (Å²) in [5, 5.41) is 5.80. The van der Waals surface area contributed by atoms with Gasteiger partial charge in [0.05, 0.1) is 5.56 Å². The molecule has 1 saturated heterocycles. The largest absolute Gasteiger partial charge is 0.416 e. The Hall–Kier alpha value is -2.60. The quantitative estimate of drug-likeness (QED) is 0.704. The summed E-state index contributed by atoms with van der Waals surface area (Å²) >= 11 is 0. The van der Waals surface area contributed by atoms with Crippen molar-refractivity contribution >= 4 is 16.5 Å². The van der Waals surface area contributed by atoms with Crippen molar-refractivity contribution in [2.45, 2.75) is 25.2 Å². The summed E-state index contributed by atoms with van der Waals surface area (Å²) in [4.78, 5) is 6.35. The van der Waals surface area contributed by atoms with Crippen molar-refractivity contribution in [3.8, 4) is 0 Å². The molecule has 1 aliphatic heterocycles. The van der Waals surface area contributed by atoms with E-state index in [4.69, 9.17) is 0 Å². The van der Waals surface area contributed by atoms with E-state index < -0.39 is 11.7 Å². The molecule has 6 heteroatoms. The van der Waals surface area contributed by atoms with Crippen LogP contribution in [0, 0.1) is 0 Å². The number of hydrogen-bond acceptors (Lipinski definition) is 3. The standard InChI is InChI=1S/C21H20F3N3/c22-21(23,24)17-5-1-3-15(11-17)13-27-10-8-18(14-27)26-20-6-2-4-16-12-25-9-7-19(16)20/h1-7,9,11-12,18,26H,8,10,13-14H2/t18-/m1/s1. The van der Waals surface area contributed by atoms with Crippen LogP contribution in [0.3, 0.4) is 0 Å². The zero-order chi connectivity index (χ0) is 18.9. The number of halogens is 3. The van der Waals surface area contributed by atoms with Gasteiger partial charge in [0, 0.05) is 54.5 Å². The van der Waals surface area contributed by atoms with Crippen LogP contribution in [0.25, 0.3) is 10.8 Å². The molecule has 0 radical (unpaired) electrons. The van der Waals surface area contributed by atoms with Gasteiger partial charge in [-0.3, -0.25) is 9.88 Å². The summed E-state index contributed by atoms with van der Waals surface area (Å²) in [6, 6.07) is 14.0. The lowest BCUT2D eigenvalue weighted by atomic mass is 10.1. The molecule has 3 aromatic rings. The molecule has 0 saturated carbocycles. The van der Waals surface area contributed by atoms with E-state index in [1.165, 1.54) is 12.1 Å². The zero-order valence-corrected chi connectivity index (χ0v) is 14.7. The first-order chi connectivity index (χ1) is 13.0. The normalized spacial score (nSPS) is 18.1. The third-order valence-electron chi connectivity index (χ3n) is 4.97. The first-order valence-electron chi connectivity index (χ1n) is 8.97. The lowest BCUT2D eigenvalue weighted by molar-refractivity contribution is -0.137. The van der Waals surface area contributed by atoms with E-state index in [-0.39, 0.29) is 6.04 Å². The third-order valence-corrected chi connectivity index (χ3v) is 4.97. The molecule has 2 aromatic carbocycles. The average Bonchev–Trinajstić information content (AvgIpc) is 3.08. The number of hydrogen-bond donors (Lipinski definition) is 1. The number of alkyl halides is 3. The number of rotatable bonds is 4. The predicted octanol–water partition coefficient (Wildman–Crippen LogP) is 4.94. The molecule has 0 spiro atoms. The van der Waals surface area contributed by atoms with Gasteiger partial charge in [0.15, 0.2) is 0 Å². The Morgan fingerprint density at radius 3 is 2.81 bits per heavy atom. The van der Waals surface area contributed by atoms with Crippen molar-refractivity contribution in [1.82, 2.24) is 9.88 Å². The second-order valence-electron chi connectivity index (χ2n) is 6.97. The molecule has 1 atom stereocenters. The highest BCUT2D eigenvalue weighted by molar-refractivity contribution is 5.93. The number of pyridine rings is 1. The molecule has 3 nitrogen and oxygen atoms in total. The Morgan fingerprint density at radius 2 is 1.96 bits per heavy atom. The van der Waals surface area contributed by atoms with E-state index >= 15 is 0 Å². The van der Waals surface area contributed by atoms with Crippen LogP contribution < -0.4 is 5.32 Å². The SMILES string of the molecule is FC(F)(F)c1cccc(CN2CC[C@@H](Nc3cccc4cnccc34)C2)c1. The Balaban J connectivity index is 1.42. The van der Waals surface area contributed by atoms with E-state index in [0.717, 1.165) is 42.0 Å². The molecule has 1 fully saturated rings. The van der Waals surface area contributed by atoms with Gasteiger partial charge in [-0.1, -0.05) is 30.3 Å². The van der Waals surface area contributed by atoms with E-state index in [1.54, 1.807) is 12.3 Å². The topological polar surface area (TPSA) is 28.2 Å². The number of likely N-dealkylation sites (tertiary alicyclic amines) is 1. The lowest BCUT2D eigenvalue weighted by Crippen LogP contribution is -2.26. The van der Waals surface area contributed by atoms with Gasteiger partial charge < -0.3 is 5.32 Å². The molecule has 1 aromatic heterocycles. The Bertz CT molecular complexity index is 934. The maximum atomic E-state index is 12.9. The number of benzene rings is 2. The fourth-order valence-corrected chi connectivity index (χ4v) is 3.67. The van der Waals surface area contributed by atoms with Gasteiger partial charge in [-0.2, -0.15) is 13.2 Å². The van der Waals surface area contributed by atoms with E-state index in [2.05, 4.69) is 21.3 Å². The molecule has 1 aliphatic rings. The fraction of sp³-hybridized carbons (Fsp3) is 0.286. The zero-order valence-electron chi connectivity index (χ0n) is 14.7. The Labute approximate surface area is 155 Å². The first-order valence-corrected chi connectivity index (χ1v) is 8.97. The van der Waals surface area contributed by atoms with Crippen LogP contribution in [0.5, 0.6) is 0 Å². The first kappa shape index (κ1) is 17.8. The summed E-state index contributed by atoms with van der Waals surface area (Å²) in [6.45, 7) is 2.19. The maximum absolute atomic E-state index is 12.9. The van der Waals surface area contributed by atoms with Crippen molar-refractivity contribution < 1.29 is 13.2 Å². The van der Waals surface area contributed by atoms with Gasteiger partial charge >= 0.3 is 6.18 Å². The van der Waals surface area contributed by atoms with Gasteiger partial charge in [0.1, 0.15) is 0 Å². The minimum atomic E-state index is -4.30. The average molecular weight is 371 g/mol. The van der Waals surface area contributed by atoms with E-state index in [9.17, 15) is 13.2 Å².